The molecular weight excluding hydrogens is 630 g/mol. The molecule has 1 N–H and O–H groups in total. The summed E-state index contributed by atoms with van der Waals surface area (Å²) >= 11 is 3.83. The van der Waals surface area contributed by atoms with Gasteiger partial charge >= 0.3 is 12.1 Å². The summed E-state index contributed by atoms with van der Waals surface area (Å²) in [5.41, 5.74) is 3.11. The number of carbonyl (C=O) groups is 1. The van der Waals surface area contributed by atoms with Crippen LogP contribution in [-0.2, 0) is 12.8 Å². The van der Waals surface area contributed by atoms with Crippen LogP contribution >= 0.6 is 15.9 Å². The molecule has 2 aliphatic heterocycles. The lowest BCUT2D eigenvalue weighted by atomic mass is 9.71. The van der Waals surface area contributed by atoms with Gasteiger partial charge in [-0.1, -0.05) is 67.0 Å². The van der Waals surface area contributed by atoms with E-state index in [2.05, 4.69) is 97.0 Å². The van der Waals surface area contributed by atoms with Crippen molar-refractivity contribution in [3.8, 4) is 6.01 Å². The van der Waals surface area contributed by atoms with Crippen molar-refractivity contribution in [2.45, 2.75) is 83.2 Å². The number of aromatic nitrogens is 2. The molecule has 1 amide bonds. The lowest BCUT2D eigenvalue weighted by Crippen LogP contribution is -2.68. The Balaban J connectivity index is 1.27. The van der Waals surface area contributed by atoms with Crippen LogP contribution in [0.1, 0.15) is 75.6 Å². The molecule has 3 aromatic rings. The third-order valence-corrected chi connectivity index (χ3v) is 11.8. The molecule has 240 valence electrons. The predicted molar refractivity (Wildman–Crippen MR) is 181 cm³/mol. The van der Waals surface area contributed by atoms with Crippen molar-refractivity contribution in [3.63, 3.8) is 0 Å². The molecule has 9 heteroatoms. The zero-order valence-corrected chi connectivity index (χ0v) is 28.9. The number of fused-ring (bicyclic) bond motifs is 4. The second kappa shape index (κ2) is 11.1. The maximum atomic E-state index is 12.6. The summed E-state index contributed by atoms with van der Waals surface area (Å²) in [5, 5.41) is 12.9. The lowest BCUT2D eigenvalue weighted by Gasteiger charge is -2.54. The monoisotopic (exact) mass is 675 g/mol. The van der Waals surface area contributed by atoms with E-state index in [-0.39, 0.29) is 16.9 Å². The number of amides is 1. The molecule has 8 nitrogen and oxygen atoms in total. The lowest BCUT2D eigenvalue weighted by molar-refractivity contribution is 0.00515. The zero-order valence-electron chi connectivity index (χ0n) is 27.3. The van der Waals surface area contributed by atoms with Crippen molar-refractivity contribution in [1.29, 1.82) is 0 Å². The minimum absolute atomic E-state index is 0.0512. The van der Waals surface area contributed by atoms with Crippen LogP contribution in [0.4, 0.5) is 10.6 Å². The van der Waals surface area contributed by atoms with E-state index in [0.717, 1.165) is 67.5 Å². The molecule has 0 radical (unpaired) electrons. The number of piperazine rings is 1. The zero-order chi connectivity index (χ0) is 31.7. The third-order valence-electron chi connectivity index (χ3n) is 11.2. The Morgan fingerprint density at radius 3 is 2.56 bits per heavy atom. The molecule has 2 aromatic carbocycles. The molecule has 1 saturated carbocycles. The van der Waals surface area contributed by atoms with Crippen molar-refractivity contribution in [1.82, 2.24) is 19.8 Å². The average Bonchev–Trinajstić information content (AvgIpc) is 3.69. The van der Waals surface area contributed by atoms with Gasteiger partial charge in [0, 0.05) is 35.1 Å². The van der Waals surface area contributed by atoms with Crippen LogP contribution in [0, 0.1) is 10.8 Å². The molecule has 3 heterocycles. The number of rotatable bonds is 7. The van der Waals surface area contributed by atoms with E-state index in [4.69, 9.17) is 14.7 Å². The third kappa shape index (κ3) is 5.37. The first-order valence-electron chi connectivity index (χ1n) is 16.5. The number of hydrogen-bond acceptors (Lipinski definition) is 6. The van der Waals surface area contributed by atoms with Crippen LogP contribution in [0.2, 0.25) is 0 Å². The number of halogens is 1. The molecule has 3 unspecified atom stereocenters. The normalized spacial score (nSPS) is 25.5. The summed E-state index contributed by atoms with van der Waals surface area (Å²) in [4.78, 5) is 29.3. The maximum absolute atomic E-state index is 12.6. The van der Waals surface area contributed by atoms with Gasteiger partial charge in [0.25, 0.3) is 0 Å². The van der Waals surface area contributed by atoms with Crippen LogP contribution in [0.3, 0.4) is 0 Å². The minimum atomic E-state index is -0.805. The number of carboxylic acid groups (broad SMARTS) is 1. The fraction of sp³-hybridized carbons (Fsp3) is 0.583. The highest BCUT2D eigenvalue weighted by Gasteiger charge is 2.59. The summed E-state index contributed by atoms with van der Waals surface area (Å²) in [6.45, 7) is 9.45. The molecule has 2 bridgehead atoms. The smallest absolute Gasteiger partial charge is 0.408 e. The molecule has 3 fully saturated rings. The Hall–Kier alpha value is -2.91. The summed E-state index contributed by atoms with van der Waals surface area (Å²) in [6.07, 6.45) is 5.98. The van der Waals surface area contributed by atoms with E-state index in [1.54, 1.807) is 4.90 Å². The van der Waals surface area contributed by atoms with E-state index >= 15 is 0 Å². The topological polar surface area (TPSA) is 82.0 Å². The van der Waals surface area contributed by atoms with Gasteiger partial charge in [0.05, 0.1) is 23.9 Å². The Labute approximate surface area is 275 Å². The molecule has 0 spiro atoms. The molecule has 7 rings (SSSR count). The van der Waals surface area contributed by atoms with Gasteiger partial charge in [-0.05, 0) is 92.8 Å². The van der Waals surface area contributed by atoms with Gasteiger partial charge in [-0.25, -0.2) is 4.79 Å². The van der Waals surface area contributed by atoms with E-state index in [1.807, 2.05) is 0 Å². The van der Waals surface area contributed by atoms with Crippen molar-refractivity contribution in [2.75, 3.05) is 45.2 Å². The first-order chi connectivity index (χ1) is 21.4. The Bertz CT molecular complexity index is 1630. The molecule has 45 heavy (non-hydrogen) atoms. The first-order valence-corrected chi connectivity index (χ1v) is 17.3. The van der Waals surface area contributed by atoms with Crippen LogP contribution in [0.25, 0.3) is 10.8 Å². The van der Waals surface area contributed by atoms with Crippen molar-refractivity contribution < 1.29 is 14.6 Å². The summed E-state index contributed by atoms with van der Waals surface area (Å²) in [5.74, 6) is 1.29. The molecular formula is C36H46BrN5O3. The highest BCUT2D eigenvalue weighted by atomic mass is 79.9. The second-order valence-corrected chi connectivity index (χ2v) is 16.3. The maximum Gasteiger partial charge on any atom is 0.408 e. The van der Waals surface area contributed by atoms with Crippen molar-refractivity contribution >= 4 is 38.6 Å². The average molecular weight is 677 g/mol. The number of benzene rings is 2. The summed E-state index contributed by atoms with van der Waals surface area (Å²) < 4.78 is 7.62. The molecule has 2 aliphatic carbocycles. The van der Waals surface area contributed by atoms with E-state index in [0.29, 0.717) is 31.6 Å². The second-order valence-electron chi connectivity index (χ2n) is 15.4. The SMILES string of the molecule is CN(C)CC1(COc2nc3c(c(N4CC5CCC(C(C)(C)C)(C4)N5C(=O)O)n2)CCC(c2cccc4cccc(Br)c24)C3)CC1. The Morgan fingerprint density at radius 2 is 1.87 bits per heavy atom. The fourth-order valence-electron chi connectivity index (χ4n) is 8.68. The number of anilines is 1. The highest BCUT2D eigenvalue weighted by molar-refractivity contribution is 9.10. The molecule has 4 aliphatic rings. The van der Waals surface area contributed by atoms with E-state index < -0.39 is 11.6 Å². The fourth-order valence-corrected chi connectivity index (χ4v) is 9.29. The highest BCUT2D eigenvalue weighted by Crippen LogP contribution is 2.51. The van der Waals surface area contributed by atoms with Crippen molar-refractivity contribution in [2.24, 2.45) is 10.8 Å². The molecule has 2 saturated heterocycles. The van der Waals surface area contributed by atoms with Crippen LogP contribution in [0.15, 0.2) is 40.9 Å². The van der Waals surface area contributed by atoms with Gasteiger partial charge in [-0.3, -0.25) is 4.90 Å². The number of ether oxygens (including phenoxy) is 1. The van der Waals surface area contributed by atoms with Gasteiger partial charge in [0.15, 0.2) is 0 Å². The Morgan fingerprint density at radius 1 is 1.11 bits per heavy atom. The number of hydrogen-bond donors (Lipinski definition) is 1. The van der Waals surface area contributed by atoms with Gasteiger partial charge < -0.3 is 19.6 Å². The molecule has 1 aromatic heterocycles. The van der Waals surface area contributed by atoms with Crippen LogP contribution < -0.4 is 9.64 Å². The predicted octanol–water partition coefficient (Wildman–Crippen LogP) is 7.13. The minimum Gasteiger partial charge on any atom is -0.465 e. The van der Waals surface area contributed by atoms with Crippen LogP contribution in [0.5, 0.6) is 6.01 Å². The van der Waals surface area contributed by atoms with Gasteiger partial charge in [0.2, 0.25) is 0 Å². The van der Waals surface area contributed by atoms with Gasteiger partial charge in [-0.15, -0.1) is 0 Å². The standard InChI is InChI=1S/C36H46BrN5O3/c1-34(2,3)36-15-14-25(42(36)33(43)44)19-41(21-36)31-27-13-12-24(26-10-6-8-23-9-7-11-28(37)30(23)26)18-29(27)38-32(39-31)45-22-35(16-17-35)20-40(4)5/h6-11,24-25H,12-22H2,1-5H3,(H,43,44). The Kier molecular flexibility index (Phi) is 7.59. The largest absolute Gasteiger partial charge is 0.465 e. The van der Waals surface area contributed by atoms with E-state index in [9.17, 15) is 9.90 Å². The molecule has 3 atom stereocenters. The van der Waals surface area contributed by atoms with Crippen molar-refractivity contribution in [3.05, 3.63) is 57.7 Å². The first kappa shape index (κ1) is 30.7. The van der Waals surface area contributed by atoms with E-state index in [1.165, 1.54) is 21.9 Å². The summed E-state index contributed by atoms with van der Waals surface area (Å²) in [6, 6.07) is 13.5. The summed E-state index contributed by atoms with van der Waals surface area (Å²) in [7, 11) is 4.24. The quantitative estimate of drug-likeness (QED) is 0.285. The van der Waals surface area contributed by atoms with Gasteiger partial charge in [0.1, 0.15) is 5.82 Å². The van der Waals surface area contributed by atoms with Crippen LogP contribution in [-0.4, -0.2) is 82.9 Å². The number of nitrogens with zero attached hydrogens (tertiary/aromatic N) is 5. The van der Waals surface area contributed by atoms with Gasteiger partial charge in [-0.2, -0.15) is 9.97 Å².